The number of nitrogens with zero attached hydrogens (tertiary/aromatic N) is 2. The molecule has 2 aromatic heterocycles. The predicted molar refractivity (Wildman–Crippen MR) is 133 cm³/mol. The largest absolute Gasteiger partial charge is 0.351 e. The standard InChI is InChI=1S/C25H25N3O2S2/c1-3-10-20-17(2)22-23(32-20)27-25(28(24(22)30)19-13-8-5-9-14-19)31-16-21(29)26-15-18-11-6-4-7-12-18/h4-9,11-14H,3,10,15-16H2,1-2H3,(H,26,29). The molecular weight excluding hydrogens is 438 g/mol. The van der Waals surface area contributed by atoms with Crippen LogP contribution in [-0.4, -0.2) is 21.2 Å². The van der Waals surface area contributed by atoms with E-state index in [1.54, 1.807) is 15.9 Å². The third kappa shape index (κ3) is 4.79. The molecule has 164 valence electrons. The summed E-state index contributed by atoms with van der Waals surface area (Å²) in [7, 11) is 0. The maximum Gasteiger partial charge on any atom is 0.267 e. The molecule has 4 aromatic rings. The highest BCUT2D eigenvalue weighted by atomic mass is 32.2. The number of amides is 1. The Hall–Kier alpha value is -2.90. The quantitative estimate of drug-likeness (QED) is 0.291. The van der Waals surface area contributed by atoms with Gasteiger partial charge in [-0.1, -0.05) is 73.6 Å². The van der Waals surface area contributed by atoms with Crippen molar-refractivity contribution in [2.45, 2.75) is 38.4 Å². The van der Waals surface area contributed by atoms with Crippen molar-refractivity contribution in [3.8, 4) is 5.69 Å². The van der Waals surface area contributed by atoms with E-state index in [9.17, 15) is 9.59 Å². The van der Waals surface area contributed by atoms with E-state index in [1.807, 2.05) is 67.6 Å². The number of fused-ring (bicyclic) bond motifs is 1. The highest BCUT2D eigenvalue weighted by molar-refractivity contribution is 7.99. The molecule has 0 unspecified atom stereocenters. The Morgan fingerprint density at radius 3 is 2.47 bits per heavy atom. The normalized spacial score (nSPS) is 11.1. The monoisotopic (exact) mass is 463 g/mol. The third-order valence-corrected chi connectivity index (χ3v) is 7.37. The van der Waals surface area contributed by atoms with Gasteiger partial charge in [-0.3, -0.25) is 14.2 Å². The lowest BCUT2D eigenvalue weighted by atomic mass is 10.1. The van der Waals surface area contributed by atoms with E-state index in [0.717, 1.165) is 34.5 Å². The number of carbonyl (C=O) groups is 1. The van der Waals surface area contributed by atoms with Crippen LogP contribution in [-0.2, 0) is 17.8 Å². The number of rotatable bonds is 8. The van der Waals surface area contributed by atoms with Gasteiger partial charge in [-0.2, -0.15) is 0 Å². The van der Waals surface area contributed by atoms with Gasteiger partial charge in [0.05, 0.1) is 16.8 Å². The Balaban J connectivity index is 1.65. The van der Waals surface area contributed by atoms with Gasteiger partial charge in [0.1, 0.15) is 4.83 Å². The molecule has 0 saturated carbocycles. The molecule has 7 heteroatoms. The molecule has 1 amide bonds. The number of nitrogens with one attached hydrogen (secondary N) is 1. The van der Waals surface area contributed by atoms with Gasteiger partial charge in [-0.25, -0.2) is 4.98 Å². The van der Waals surface area contributed by atoms with Crippen LogP contribution in [0, 0.1) is 6.92 Å². The van der Waals surface area contributed by atoms with Crippen LogP contribution in [0.2, 0.25) is 0 Å². The summed E-state index contributed by atoms with van der Waals surface area (Å²) in [5, 5.41) is 4.15. The summed E-state index contributed by atoms with van der Waals surface area (Å²) in [5.74, 6) is 0.0888. The molecule has 4 rings (SSSR count). The zero-order chi connectivity index (χ0) is 22.5. The van der Waals surface area contributed by atoms with Gasteiger partial charge in [0.2, 0.25) is 5.91 Å². The van der Waals surface area contributed by atoms with Crippen LogP contribution in [0.25, 0.3) is 15.9 Å². The molecule has 0 aliphatic heterocycles. The lowest BCUT2D eigenvalue weighted by Gasteiger charge is -2.12. The first-order valence-electron chi connectivity index (χ1n) is 10.6. The molecule has 2 heterocycles. The fourth-order valence-electron chi connectivity index (χ4n) is 3.56. The van der Waals surface area contributed by atoms with Crippen LogP contribution in [0.1, 0.15) is 29.3 Å². The van der Waals surface area contributed by atoms with Gasteiger partial charge in [0.25, 0.3) is 5.56 Å². The van der Waals surface area contributed by atoms with Crippen LogP contribution in [0.3, 0.4) is 0 Å². The molecule has 0 saturated heterocycles. The maximum absolute atomic E-state index is 13.6. The molecule has 32 heavy (non-hydrogen) atoms. The van der Waals surface area contributed by atoms with Crippen molar-refractivity contribution < 1.29 is 4.79 Å². The predicted octanol–water partition coefficient (Wildman–Crippen LogP) is 5.12. The molecular formula is C25H25N3O2S2. The van der Waals surface area contributed by atoms with Crippen LogP contribution in [0.5, 0.6) is 0 Å². The van der Waals surface area contributed by atoms with Gasteiger partial charge in [0, 0.05) is 11.4 Å². The number of benzene rings is 2. The summed E-state index contributed by atoms with van der Waals surface area (Å²) in [6.07, 6.45) is 1.95. The summed E-state index contributed by atoms with van der Waals surface area (Å²) in [6.45, 7) is 4.61. The molecule has 1 N–H and O–H groups in total. The number of thiophene rings is 1. The number of aromatic nitrogens is 2. The van der Waals surface area contributed by atoms with Gasteiger partial charge in [-0.05, 0) is 36.6 Å². The number of hydrogen-bond acceptors (Lipinski definition) is 5. The Labute approximate surface area is 195 Å². The minimum Gasteiger partial charge on any atom is -0.351 e. The van der Waals surface area contributed by atoms with Gasteiger partial charge >= 0.3 is 0 Å². The third-order valence-electron chi connectivity index (χ3n) is 5.19. The smallest absolute Gasteiger partial charge is 0.267 e. The van der Waals surface area contributed by atoms with E-state index < -0.39 is 0 Å². The lowest BCUT2D eigenvalue weighted by Crippen LogP contribution is -2.26. The Morgan fingerprint density at radius 1 is 1.09 bits per heavy atom. The zero-order valence-corrected chi connectivity index (χ0v) is 19.8. The van der Waals surface area contributed by atoms with Crippen molar-refractivity contribution in [3.63, 3.8) is 0 Å². The van der Waals surface area contributed by atoms with Crippen LogP contribution in [0.4, 0.5) is 0 Å². The molecule has 0 radical (unpaired) electrons. The van der Waals surface area contributed by atoms with Crippen LogP contribution in [0.15, 0.2) is 70.6 Å². The number of thioether (sulfide) groups is 1. The van der Waals surface area contributed by atoms with E-state index in [1.165, 1.54) is 16.6 Å². The zero-order valence-electron chi connectivity index (χ0n) is 18.1. The first-order valence-corrected chi connectivity index (χ1v) is 12.4. The number of aryl methyl sites for hydroxylation is 2. The first-order chi connectivity index (χ1) is 15.6. The highest BCUT2D eigenvalue weighted by Gasteiger charge is 2.19. The minimum atomic E-state index is -0.0955. The second-order valence-corrected chi connectivity index (χ2v) is 9.53. The molecule has 0 bridgehead atoms. The average molecular weight is 464 g/mol. The van der Waals surface area contributed by atoms with Gasteiger partial charge in [0.15, 0.2) is 5.16 Å². The average Bonchev–Trinajstić information content (AvgIpc) is 3.13. The van der Waals surface area contributed by atoms with Crippen molar-refractivity contribution in [1.29, 1.82) is 0 Å². The highest BCUT2D eigenvalue weighted by Crippen LogP contribution is 2.31. The van der Waals surface area contributed by atoms with E-state index in [4.69, 9.17) is 4.98 Å². The minimum absolute atomic E-state index is 0.0792. The molecule has 0 aliphatic carbocycles. The van der Waals surface area contributed by atoms with Crippen molar-refractivity contribution in [2.75, 3.05) is 5.75 Å². The molecule has 2 aromatic carbocycles. The van der Waals surface area contributed by atoms with E-state index >= 15 is 0 Å². The SMILES string of the molecule is CCCc1sc2nc(SCC(=O)NCc3ccccc3)n(-c3ccccc3)c(=O)c2c1C. The Kier molecular flexibility index (Phi) is 7.07. The summed E-state index contributed by atoms with van der Waals surface area (Å²) in [6, 6.07) is 19.3. The Morgan fingerprint density at radius 2 is 1.78 bits per heavy atom. The van der Waals surface area contributed by atoms with E-state index in [0.29, 0.717) is 17.1 Å². The fourth-order valence-corrected chi connectivity index (χ4v) is 5.72. The summed E-state index contributed by atoms with van der Waals surface area (Å²) < 4.78 is 1.63. The lowest BCUT2D eigenvalue weighted by molar-refractivity contribution is -0.118. The first kappa shape index (κ1) is 22.3. The van der Waals surface area contributed by atoms with Gasteiger partial charge in [-0.15, -0.1) is 11.3 Å². The van der Waals surface area contributed by atoms with Crippen LogP contribution < -0.4 is 10.9 Å². The van der Waals surface area contributed by atoms with Crippen molar-refractivity contribution in [3.05, 3.63) is 87.0 Å². The summed E-state index contributed by atoms with van der Waals surface area (Å²) in [4.78, 5) is 32.8. The van der Waals surface area contributed by atoms with Gasteiger partial charge < -0.3 is 5.32 Å². The van der Waals surface area contributed by atoms with Crippen molar-refractivity contribution in [2.24, 2.45) is 0 Å². The van der Waals surface area contributed by atoms with Crippen molar-refractivity contribution in [1.82, 2.24) is 14.9 Å². The number of hydrogen-bond donors (Lipinski definition) is 1. The number of para-hydroxylation sites is 1. The summed E-state index contributed by atoms with van der Waals surface area (Å²) >= 11 is 2.87. The Bertz CT molecular complexity index is 1280. The molecule has 0 spiro atoms. The number of carbonyl (C=O) groups excluding carboxylic acids is 1. The van der Waals surface area contributed by atoms with Crippen molar-refractivity contribution >= 4 is 39.2 Å². The molecule has 0 atom stereocenters. The second kappa shape index (κ2) is 10.1. The van der Waals surface area contributed by atoms with Crippen LogP contribution >= 0.6 is 23.1 Å². The fraction of sp³-hybridized carbons (Fsp3) is 0.240. The molecule has 5 nitrogen and oxygen atoms in total. The van der Waals surface area contributed by atoms with E-state index in [2.05, 4.69) is 12.2 Å². The topological polar surface area (TPSA) is 64.0 Å². The second-order valence-electron chi connectivity index (χ2n) is 7.50. The molecule has 0 aliphatic rings. The maximum atomic E-state index is 13.6. The van der Waals surface area contributed by atoms with E-state index in [-0.39, 0.29) is 17.2 Å². The summed E-state index contributed by atoms with van der Waals surface area (Å²) in [5.41, 5.74) is 2.74. The molecule has 0 fully saturated rings.